The number of fused-ring (bicyclic) bond motifs is 3. The van der Waals surface area contributed by atoms with E-state index in [9.17, 15) is 25.2 Å². The molecule has 2 aliphatic rings. The van der Waals surface area contributed by atoms with Crippen LogP contribution in [0.3, 0.4) is 0 Å². The molecule has 1 aliphatic carbocycles. The van der Waals surface area contributed by atoms with Crippen molar-refractivity contribution < 1.29 is 44.5 Å². The third-order valence-electron chi connectivity index (χ3n) is 9.30. The van der Waals surface area contributed by atoms with E-state index in [4.69, 9.17) is 24.0 Å². The van der Waals surface area contributed by atoms with Crippen molar-refractivity contribution in [3.05, 3.63) is 58.3 Å². The Morgan fingerprint density at radius 2 is 1.84 bits per heavy atom. The number of aromatic nitrogens is 2. The van der Waals surface area contributed by atoms with Gasteiger partial charge in [0.05, 0.1) is 17.5 Å². The van der Waals surface area contributed by atoms with Gasteiger partial charge in [0.1, 0.15) is 54.2 Å². The SMILES string of the molecule is Cc1cc(=O)c2cc3c(c(-n4cc5cc[nH]c5c4)c2o1)OC(C)(C1CCCCC1)C(OOCC(O)C(O)C(O)C(O)CO)C3. The molecule has 6 unspecified atom stereocenters. The van der Waals surface area contributed by atoms with Gasteiger partial charge in [0.25, 0.3) is 0 Å². The van der Waals surface area contributed by atoms with E-state index in [0.29, 0.717) is 34.6 Å². The van der Waals surface area contributed by atoms with Crippen molar-refractivity contribution in [3.8, 4) is 11.4 Å². The van der Waals surface area contributed by atoms with Gasteiger partial charge in [-0.2, -0.15) is 0 Å². The fourth-order valence-corrected chi connectivity index (χ4v) is 6.69. The Hall–Kier alpha value is -3.23. The lowest BCUT2D eigenvalue weighted by atomic mass is 9.72. The van der Waals surface area contributed by atoms with Crippen LogP contribution >= 0.6 is 0 Å². The van der Waals surface area contributed by atoms with Gasteiger partial charge in [0, 0.05) is 47.9 Å². The molecule has 44 heavy (non-hydrogen) atoms. The van der Waals surface area contributed by atoms with Crippen LogP contribution in [-0.2, 0) is 16.2 Å². The summed E-state index contributed by atoms with van der Waals surface area (Å²) in [6.45, 7) is 2.44. The van der Waals surface area contributed by atoms with Gasteiger partial charge in [-0.15, -0.1) is 0 Å². The lowest BCUT2D eigenvalue weighted by Crippen LogP contribution is -2.56. The molecule has 6 rings (SSSR count). The molecule has 1 aliphatic heterocycles. The number of hydrogen-bond acceptors (Lipinski definition) is 10. The summed E-state index contributed by atoms with van der Waals surface area (Å²) in [6.07, 6.45) is 3.69. The summed E-state index contributed by atoms with van der Waals surface area (Å²) >= 11 is 0. The van der Waals surface area contributed by atoms with Gasteiger partial charge >= 0.3 is 0 Å². The minimum Gasteiger partial charge on any atom is -0.482 e. The molecule has 238 valence electrons. The average Bonchev–Trinajstić information content (AvgIpc) is 3.62. The van der Waals surface area contributed by atoms with E-state index in [1.807, 2.05) is 36.1 Å². The Kier molecular flexibility index (Phi) is 8.59. The summed E-state index contributed by atoms with van der Waals surface area (Å²) in [7, 11) is 0. The lowest BCUT2D eigenvalue weighted by molar-refractivity contribution is -0.364. The van der Waals surface area contributed by atoms with Crippen molar-refractivity contribution in [3.63, 3.8) is 0 Å². The number of rotatable bonds is 10. The first-order chi connectivity index (χ1) is 21.1. The van der Waals surface area contributed by atoms with Crippen LogP contribution in [0.15, 0.2) is 46.0 Å². The largest absolute Gasteiger partial charge is 0.482 e. The molecule has 4 aromatic rings. The Bertz CT molecular complexity index is 1640. The molecule has 1 saturated carbocycles. The first-order valence-electron chi connectivity index (χ1n) is 15.2. The number of aliphatic hydroxyl groups is 5. The molecule has 0 amide bonds. The van der Waals surface area contributed by atoms with E-state index in [1.54, 1.807) is 13.0 Å². The first-order valence-corrected chi connectivity index (χ1v) is 15.2. The van der Waals surface area contributed by atoms with Crippen molar-refractivity contribution in [1.29, 1.82) is 0 Å². The third-order valence-corrected chi connectivity index (χ3v) is 9.30. The number of aromatic amines is 1. The topological polar surface area (TPSA) is 180 Å². The van der Waals surface area contributed by atoms with Crippen LogP contribution in [0.25, 0.3) is 27.6 Å². The number of benzene rings is 1. The molecule has 3 aromatic heterocycles. The van der Waals surface area contributed by atoms with Crippen LogP contribution in [0.1, 0.15) is 50.4 Å². The number of hydrogen-bond donors (Lipinski definition) is 6. The maximum Gasteiger partial charge on any atom is 0.193 e. The van der Waals surface area contributed by atoms with Gasteiger partial charge in [-0.25, -0.2) is 9.78 Å². The summed E-state index contributed by atoms with van der Waals surface area (Å²) in [5.41, 5.74) is 1.65. The minimum atomic E-state index is -1.78. The number of aryl methyl sites for hydroxylation is 1. The number of nitrogens with one attached hydrogen (secondary N) is 1. The number of ether oxygens (including phenoxy) is 1. The Morgan fingerprint density at radius 1 is 1.09 bits per heavy atom. The van der Waals surface area contributed by atoms with Crippen LogP contribution in [-0.4, -0.2) is 84.4 Å². The Morgan fingerprint density at radius 3 is 2.57 bits per heavy atom. The summed E-state index contributed by atoms with van der Waals surface area (Å²) in [5, 5.41) is 50.6. The van der Waals surface area contributed by atoms with Crippen molar-refractivity contribution in [2.45, 2.75) is 88.5 Å². The summed E-state index contributed by atoms with van der Waals surface area (Å²) in [6, 6.07) is 5.20. The van der Waals surface area contributed by atoms with Crippen molar-refractivity contribution >= 4 is 21.9 Å². The van der Waals surface area contributed by atoms with E-state index in [0.717, 1.165) is 48.6 Å². The standard InChI is InChI=1S/C32H40N2O10/c1-17-10-23(36)21-11-19-12-26(44-41-16-25(38)29(40)28(39)24(37)15-35)32(2,20-6-4-3-5-7-20)43-30(19)27(31(21)42-17)34-13-18-8-9-33-22(18)14-34/h8-11,13-14,20,24-26,28-29,33,35,37-40H,3-7,12,15-16H2,1-2H3. The normalized spacial score (nSPS) is 23.8. The van der Waals surface area contributed by atoms with Crippen LogP contribution in [0.2, 0.25) is 0 Å². The maximum atomic E-state index is 13.2. The number of nitrogens with zero attached hydrogens (tertiary/aromatic N) is 1. The average molecular weight is 613 g/mol. The van der Waals surface area contributed by atoms with Gasteiger partial charge in [-0.05, 0) is 38.8 Å². The van der Waals surface area contributed by atoms with Gasteiger partial charge in [0.15, 0.2) is 16.8 Å². The molecule has 0 saturated heterocycles. The molecule has 12 nitrogen and oxygen atoms in total. The van der Waals surface area contributed by atoms with E-state index in [1.165, 1.54) is 6.07 Å². The zero-order valence-electron chi connectivity index (χ0n) is 24.8. The molecule has 6 atom stereocenters. The monoisotopic (exact) mass is 612 g/mol. The molecular formula is C32H40N2O10. The molecule has 1 fully saturated rings. The highest BCUT2D eigenvalue weighted by Crippen LogP contribution is 2.48. The van der Waals surface area contributed by atoms with Crippen molar-refractivity contribution in [2.24, 2.45) is 5.92 Å². The highest BCUT2D eigenvalue weighted by atomic mass is 17.2. The van der Waals surface area contributed by atoms with E-state index < -0.39 is 49.3 Å². The lowest BCUT2D eigenvalue weighted by Gasteiger charge is -2.47. The predicted molar refractivity (Wildman–Crippen MR) is 160 cm³/mol. The highest BCUT2D eigenvalue weighted by molar-refractivity contribution is 5.91. The van der Waals surface area contributed by atoms with E-state index >= 15 is 0 Å². The maximum absolute atomic E-state index is 13.2. The highest BCUT2D eigenvalue weighted by Gasteiger charge is 2.50. The van der Waals surface area contributed by atoms with Crippen molar-refractivity contribution in [1.82, 2.24) is 9.55 Å². The molecular weight excluding hydrogens is 572 g/mol. The second kappa shape index (κ2) is 12.3. The van der Waals surface area contributed by atoms with Crippen LogP contribution in [0.5, 0.6) is 5.75 Å². The summed E-state index contributed by atoms with van der Waals surface area (Å²) in [4.78, 5) is 27.8. The number of H-pyrrole nitrogens is 1. The van der Waals surface area contributed by atoms with Crippen LogP contribution in [0.4, 0.5) is 0 Å². The zero-order chi connectivity index (χ0) is 31.2. The summed E-state index contributed by atoms with van der Waals surface area (Å²) < 4.78 is 15.1. The molecule has 6 N–H and O–H groups in total. The van der Waals surface area contributed by atoms with E-state index in [2.05, 4.69) is 4.98 Å². The Balaban J connectivity index is 1.38. The predicted octanol–water partition coefficient (Wildman–Crippen LogP) is 2.40. The fraction of sp³-hybridized carbons (Fsp3) is 0.531. The van der Waals surface area contributed by atoms with Gasteiger partial charge in [0.2, 0.25) is 0 Å². The van der Waals surface area contributed by atoms with Crippen molar-refractivity contribution in [2.75, 3.05) is 13.2 Å². The molecule has 0 bridgehead atoms. The second-order valence-corrected chi connectivity index (χ2v) is 12.3. The van der Waals surface area contributed by atoms with Crippen LogP contribution < -0.4 is 10.2 Å². The quantitative estimate of drug-likeness (QED) is 0.115. The van der Waals surface area contributed by atoms with E-state index in [-0.39, 0.29) is 11.3 Å². The molecule has 4 heterocycles. The number of aliphatic hydroxyl groups excluding tert-OH is 5. The molecule has 12 heteroatoms. The minimum absolute atomic E-state index is 0.113. The first kappa shape index (κ1) is 30.8. The third kappa shape index (κ3) is 5.56. The molecule has 1 aromatic carbocycles. The Labute approximate surface area is 253 Å². The van der Waals surface area contributed by atoms with Gasteiger partial charge in [-0.3, -0.25) is 4.79 Å². The zero-order valence-corrected chi connectivity index (χ0v) is 24.8. The molecule has 0 radical (unpaired) electrons. The smallest absolute Gasteiger partial charge is 0.193 e. The van der Waals surface area contributed by atoms with Gasteiger partial charge < -0.3 is 44.2 Å². The fourth-order valence-electron chi connectivity index (χ4n) is 6.69. The molecule has 0 spiro atoms. The van der Waals surface area contributed by atoms with Gasteiger partial charge in [-0.1, -0.05) is 19.3 Å². The van der Waals surface area contributed by atoms with Crippen LogP contribution in [0, 0.1) is 12.8 Å². The second-order valence-electron chi connectivity index (χ2n) is 12.3. The summed E-state index contributed by atoms with van der Waals surface area (Å²) in [5.74, 6) is 1.19.